The number of hydrogen-bond acceptors (Lipinski definition) is 12. The normalized spacial score (nSPS) is 11.8. The van der Waals surface area contributed by atoms with E-state index < -0.39 is 78.8 Å². The molecule has 12 nitrogen and oxygen atoms in total. The van der Waals surface area contributed by atoms with Gasteiger partial charge >= 0.3 is 0 Å². The molecule has 8 N–H and O–H groups in total. The zero-order valence-electron chi connectivity index (χ0n) is 20.8. The predicted octanol–water partition coefficient (Wildman–Crippen LogP) is 4.72. The van der Waals surface area contributed by atoms with Gasteiger partial charge in [-0.15, -0.1) is 0 Å². The van der Waals surface area contributed by atoms with Crippen LogP contribution < -0.4 is 10.9 Å². The monoisotopic (exact) mass is 568 g/mol. The van der Waals surface area contributed by atoms with Crippen LogP contribution in [0.1, 0.15) is 0 Å². The van der Waals surface area contributed by atoms with Crippen molar-refractivity contribution in [3.05, 3.63) is 69.0 Å². The molecule has 0 atom stereocenters. The molecule has 208 valence electrons. The van der Waals surface area contributed by atoms with Gasteiger partial charge in [0.15, 0.2) is 45.0 Å². The van der Waals surface area contributed by atoms with Crippen molar-refractivity contribution in [1.82, 2.24) is 0 Å². The molecule has 4 bridgehead atoms. The SMILES string of the molecule is O=c1cc2oc3c1c(O)cc(O)c3c1c(O)c(O)ccc1c1cc(=O)c3c(O)cc(O)c(c3o1)c1c(O)c(O)ccc21. The Morgan fingerprint density at radius 1 is 0.405 bits per heavy atom. The number of fused-ring (bicyclic) bond motifs is 8. The Balaban J connectivity index is 2.05. The second kappa shape index (κ2) is 8.11. The Morgan fingerprint density at radius 2 is 0.762 bits per heavy atom. The molecule has 0 spiro atoms. The minimum absolute atomic E-state index is 0.130. The van der Waals surface area contributed by atoms with Crippen molar-refractivity contribution in [3.63, 3.8) is 0 Å². The highest BCUT2D eigenvalue weighted by molar-refractivity contribution is 6.22. The number of phenols is 8. The predicted molar refractivity (Wildman–Crippen MR) is 151 cm³/mol. The molecular formula is C30H16O12. The number of rotatable bonds is 0. The molecule has 4 aromatic carbocycles. The first-order chi connectivity index (χ1) is 20.0. The van der Waals surface area contributed by atoms with Crippen LogP contribution in [0.4, 0.5) is 0 Å². The summed E-state index contributed by atoms with van der Waals surface area (Å²) in [6.07, 6.45) is 0. The molecule has 0 saturated carbocycles. The Morgan fingerprint density at radius 3 is 1.14 bits per heavy atom. The lowest BCUT2D eigenvalue weighted by molar-refractivity contribution is 0.408. The van der Waals surface area contributed by atoms with Crippen molar-refractivity contribution in [2.45, 2.75) is 0 Å². The minimum atomic E-state index is -0.827. The lowest BCUT2D eigenvalue weighted by atomic mass is 10.00. The van der Waals surface area contributed by atoms with Gasteiger partial charge in [0, 0.05) is 45.8 Å². The summed E-state index contributed by atoms with van der Waals surface area (Å²) in [5.41, 5.74) is -3.21. The average molecular weight is 568 g/mol. The van der Waals surface area contributed by atoms with E-state index in [1.165, 1.54) is 12.1 Å². The first-order valence-corrected chi connectivity index (χ1v) is 12.1. The van der Waals surface area contributed by atoms with Crippen LogP contribution in [0.15, 0.2) is 67.0 Å². The highest BCUT2D eigenvalue weighted by Gasteiger charge is 2.23. The molecule has 0 saturated heterocycles. The maximum Gasteiger partial charge on any atom is 0.197 e. The van der Waals surface area contributed by atoms with Crippen molar-refractivity contribution in [2.24, 2.45) is 0 Å². The van der Waals surface area contributed by atoms with Crippen molar-refractivity contribution >= 4 is 65.4 Å². The highest BCUT2D eigenvalue weighted by Crippen LogP contribution is 2.48. The minimum Gasteiger partial charge on any atom is -0.507 e. The molecule has 12 heteroatoms. The van der Waals surface area contributed by atoms with E-state index in [0.717, 1.165) is 36.4 Å². The summed E-state index contributed by atoms with van der Waals surface area (Å²) < 4.78 is 12.1. The first-order valence-electron chi connectivity index (χ1n) is 12.1. The summed E-state index contributed by atoms with van der Waals surface area (Å²) in [6.45, 7) is 0. The molecule has 0 fully saturated rings. The topological polar surface area (TPSA) is 222 Å². The van der Waals surface area contributed by atoms with Crippen molar-refractivity contribution < 1.29 is 49.7 Å². The fraction of sp³-hybridized carbons (Fsp3) is 0. The van der Waals surface area contributed by atoms with Crippen molar-refractivity contribution in [3.8, 4) is 46.0 Å². The molecule has 3 aromatic heterocycles. The second-order valence-corrected chi connectivity index (χ2v) is 9.65. The van der Waals surface area contributed by atoms with Crippen LogP contribution in [-0.2, 0) is 0 Å². The summed E-state index contributed by atoms with van der Waals surface area (Å²) in [5.74, 6) is -5.72. The Kier molecular flexibility index (Phi) is 4.77. The van der Waals surface area contributed by atoms with E-state index in [1.807, 2.05) is 0 Å². The van der Waals surface area contributed by atoms with E-state index in [-0.39, 0.29) is 43.5 Å². The first kappa shape index (κ1) is 24.7. The summed E-state index contributed by atoms with van der Waals surface area (Å²) in [7, 11) is 0. The van der Waals surface area contributed by atoms with Crippen LogP contribution in [0, 0.1) is 0 Å². The maximum atomic E-state index is 13.4. The van der Waals surface area contributed by atoms with Crippen LogP contribution >= 0.6 is 0 Å². The molecule has 7 rings (SSSR count). The highest BCUT2D eigenvalue weighted by atomic mass is 16.3. The van der Waals surface area contributed by atoms with Gasteiger partial charge in [-0.2, -0.15) is 0 Å². The average Bonchev–Trinajstić information content (AvgIpc) is 2.91. The third kappa shape index (κ3) is 3.11. The number of phenolic OH excluding ortho intramolecular Hbond substituents is 8. The van der Waals surface area contributed by atoms with E-state index in [4.69, 9.17) is 8.83 Å². The van der Waals surface area contributed by atoms with E-state index in [2.05, 4.69) is 0 Å². The summed E-state index contributed by atoms with van der Waals surface area (Å²) in [5, 5.41) is 83.6. The van der Waals surface area contributed by atoms with Gasteiger partial charge < -0.3 is 49.7 Å². The maximum absolute atomic E-state index is 13.4. The van der Waals surface area contributed by atoms with E-state index in [1.54, 1.807) is 0 Å². The van der Waals surface area contributed by atoms with Crippen LogP contribution in [0.25, 0.3) is 65.4 Å². The van der Waals surface area contributed by atoms with Gasteiger partial charge in [0.1, 0.15) is 44.9 Å². The van der Waals surface area contributed by atoms with E-state index in [9.17, 15) is 50.4 Å². The second-order valence-electron chi connectivity index (χ2n) is 9.65. The largest absolute Gasteiger partial charge is 0.507 e. The molecule has 0 unspecified atom stereocenters. The molecule has 0 radical (unpaired) electrons. The number of aromatic hydroxyl groups is 8. The fourth-order valence-electron chi connectivity index (χ4n) is 5.43. The lowest BCUT2D eigenvalue weighted by Gasteiger charge is -2.12. The molecule has 0 amide bonds. The molecule has 0 aliphatic rings. The van der Waals surface area contributed by atoms with Crippen LogP contribution in [0.2, 0.25) is 0 Å². The third-order valence-corrected chi connectivity index (χ3v) is 7.27. The Labute approximate surface area is 230 Å². The van der Waals surface area contributed by atoms with Crippen molar-refractivity contribution in [2.75, 3.05) is 0 Å². The van der Waals surface area contributed by atoms with Gasteiger partial charge in [-0.3, -0.25) is 9.59 Å². The summed E-state index contributed by atoms with van der Waals surface area (Å²) in [4.78, 5) is 26.8. The standard InChI is InChI=1S/C30H16O12/c31-11-3-1-9-19-7-17(37)23-14(34)6-16(36)26(30(23)41-19)22-10(2-4-12(32)28(22)40)20-8-18(38)24-13(33)5-15(35)25(29(24)42-20)21(9)27(11)39/h1-8,31-36,39-40H. The third-order valence-electron chi connectivity index (χ3n) is 7.27. The van der Waals surface area contributed by atoms with Gasteiger partial charge in [-0.1, -0.05) is 0 Å². The molecule has 7 aromatic rings. The lowest BCUT2D eigenvalue weighted by Crippen LogP contribution is -2.01. The zero-order valence-corrected chi connectivity index (χ0v) is 20.8. The van der Waals surface area contributed by atoms with Gasteiger partial charge in [0.2, 0.25) is 0 Å². The quantitative estimate of drug-likeness (QED) is 0.116. The van der Waals surface area contributed by atoms with Crippen LogP contribution in [-0.4, -0.2) is 40.9 Å². The molecule has 3 heterocycles. The zero-order chi connectivity index (χ0) is 29.8. The molecular weight excluding hydrogens is 552 g/mol. The number of benzene rings is 4. The summed E-state index contributed by atoms with van der Waals surface area (Å²) in [6, 6.07) is 8.10. The molecule has 0 aliphatic heterocycles. The van der Waals surface area contributed by atoms with Gasteiger partial charge in [-0.05, 0) is 24.3 Å². The van der Waals surface area contributed by atoms with E-state index >= 15 is 0 Å². The van der Waals surface area contributed by atoms with E-state index in [0.29, 0.717) is 0 Å². The molecule has 42 heavy (non-hydrogen) atoms. The Bertz CT molecular complexity index is 2360. The smallest absolute Gasteiger partial charge is 0.197 e. The van der Waals surface area contributed by atoms with Gasteiger partial charge in [-0.25, -0.2) is 0 Å². The van der Waals surface area contributed by atoms with Crippen LogP contribution in [0.3, 0.4) is 0 Å². The van der Waals surface area contributed by atoms with Crippen LogP contribution in [0.5, 0.6) is 46.0 Å². The van der Waals surface area contributed by atoms with Gasteiger partial charge in [0.05, 0.1) is 10.8 Å². The molecule has 0 aliphatic carbocycles. The van der Waals surface area contributed by atoms with Crippen molar-refractivity contribution in [1.29, 1.82) is 0 Å². The summed E-state index contributed by atoms with van der Waals surface area (Å²) >= 11 is 0. The fourth-order valence-corrected chi connectivity index (χ4v) is 5.43. The van der Waals surface area contributed by atoms with Gasteiger partial charge in [0.25, 0.3) is 0 Å². The Hall–Kier alpha value is -6.30. The number of hydrogen-bond donors (Lipinski definition) is 8.